The molecule has 7 N–H and O–H groups in total. The number of phenols is 1. The molecule has 4 rings (SSSR count). The Bertz CT molecular complexity index is 1220. The Morgan fingerprint density at radius 1 is 1.24 bits per heavy atom. The molecule has 0 bridgehead atoms. The van der Waals surface area contributed by atoms with Crippen molar-refractivity contribution in [2.45, 2.75) is 24.9 Å². The molecular formula is C21H18BrFN2O8. The second-order valence-electron chi connectivity index (χ2n) is 8.21. The van der Waals surface area contributed by atoms with Crippen LogP contribution in [0.4, 0.5) is 10.1 Å². The lowest BCUT2D eigenvalue weighted by molar-refractivity contribution is -0.144. The molecule has 3 atom stereocenters. The molecule has 174 valence electrons. The lowest BCUT2D eigenvalue weighted by atomic mass is 9.60. The number of ketones is 2. The van der Waals surface area contributed by atoms with Crippen molar-refractivity contribution in [3.63, 3.8) is 0 Å². The van der Waals surface area contributed by atoms with Crippen LogP contribution in [0.1, 0.15) is 28.8 Å². The van der Waals surface area contributed by atoms with Crippen LogP contribution in [-0.2, 0) is 20.8 Å². The number of aliphatic hydroxyl groups excluding tert-OH is 2. The first-order valence-corrected chi connectivity index (χ1v) is 10.9. The highest BCUT2D eigenvalue weighted by Crippen LogP contribution is 2.52. The number of Topliss-reactive ketones (excluding diaryl/α,β-unsaturated/α-hetero) is 2. The third kappa shape index (κ3) is 3.16. The number of nitrogens with one attached hydrogen (secondary N) is 1. The summed E-state index contributed by atoms with van der Waals surface area (Å²) < 4.78 is 14.6. The molecule has 0 radical (unpaired) electrons. The van der Waals surface area contributed by atoms with Crippen LogP contribution in [0.25, 0.3) is 0 Å². The van der Waals surface area contributed by atoms with E-state index in [1.807, 2.05) is 0 Å². The molecular weight excluding hydrogens is 507 g/mol. The number of hydrogen-bond donors (Lipinski definition) is 6. The number of nitrogens with two attached hydrogens (primary N) is 1. The number of aromatic hydroxyl groups is 1. The summed E-state index contributed by atoms with van der Waals surface area (Å²) in [5, 5.41) is 44.7. The van der Waals surface area contributed by atoms with Crippen LogP contribution >= 0.6 is 15.9 Å². The number of aliphatic hydroxyl groups is 3. The molecule has 1 aromatic carbocycles. The highest BCUT2D eigenvalue weighted by atomic mass is 79.9. The van der Waals surface area contributed by atoms with Crippen LogP contribution in [0, 0.1) is 17.7 Å². The van der Waals surface area contributed by atoms with Crippen molar-refractivity contribution >= 4 is 45.0 Å². The van der Waals surface area contributed by atoms with Gasteiger partial charge in [0.05, 0.1) is 10.9 Å². The Labute approximate surface area is 193 Å². The summed E-state index contributed by atoms with van der Waals surface area (Å²) in [6.45, 7) is 0. The second kappa shape index (κ2) is 7.66. The van der Waals surface area contributed by atoms with E-state index < -0.39 is 80.7 Å². The average Bonchev–Trinajstić information content (AvgIpc) is 2.73. The van der Waals surface area contributed by atoms with Crippen molar-refractivity contribution in [2.24, 2.45) is 17.6 Å². The molecule has 0 saturated heterocycles. The Morgan fingerprint density at radius 3 is 2.52 bits per heavy atom. The van der Waals surface area contributed by atoms with Crippen LogP contribution in [0.5, 0.6) is 5.75 Å². The number of anilines is 1. The van der Waals surface area contributed by atoms with Crippen molar-refractivity contribution in [1.29, 1.82) is 0 Å². The molecule has 0 saturated carbocycles. The Kier molecular flexibility index (Phi) is 5.32. The monoisotopic (exact) mass is 524 g/mol. The van der Waals surface area contributed by atoms with E-state index >= 15 is 0 Å². The molecule has 1 aromatic rings. The van der Waals surface area contributed by atoms with E-state index in [0.717, 1.165) is 6.07 Å². The van der Waals surface area contributed by atoms with E-state index in [1.165, 1.54) is 0 Å². The molecule has 12 heteroatoms. The van der Waals surface area contributed by atoms with Gasteiger partial charge in [0.15, 0.2) is 23.0 Å². The SMILES string of the molecule is NC(=O)C1=C(O)CC2CC3Cc4cc(F)c(NC(=O)CBr)c(O)c4C(=O)C3=C(O)C2(O)C1=O. The van der Waals surface area contributed by atoms with Gasteiger partial charge in [-0.1, -0.05) is 15.9 Å². The molecule has 2 amide bonds. The zero-order valence-electron chi connectivity index (χ0n) is 16.8. The fourth-order valence-electron chi connectivity index (χ4n) is 4.93. The fraction of sp³-hybridized carbons (Fsp3) is 0.333. The summed E-state index contributed by atoms with van der Waals surface area (Å²) in [6.07, 6.45) is -0.453. The number of rotatable bonds is 3. The largest absolute Gasteiger partial charge is 0.511 e. The molecule has 0 spiro atoms. The average molecular weight is 525 g/mol. The minimum Gasteiger partial charge on any atom is -0.511 e. The molecule has 0 fully saturated rings. The Balaban J connectivity index is 1.87. The van der Waals surface area contributed by atoms with Gasteiger partial charge >= 0.3 is 0 Å². The summed E-state index contributed by atoms with van der Waals surface area (Å²) >= 11 is 2.89. The number of halogens is 2. The van der Waals surface area contributed by atoms with Crippen molar-refractivity contribution < 1.29 is 44.0 Å². The van der Waals surface area contributed by atoms with Crippen LogP contribution < -0.4 is 11.1 Å². The van der Waals surface area contributed by atoms with E-state index in [2.05, 4.69) is 21.2 Å². The molecule has 33 heavy (non-hydrogen) atoms. The van der Waals surface area contributed by atoms with Crippen molar-refractivity contribution in [2.75, 3.05) is 10.6 Å². The molecule has 3 aliphatic rings. The number of amides is 2. The smallest absolute Gasteiger partial charge is 0.255 e. The number of benzene rings is 1. The second-order valence-corrected chi connectivity index (χ2v) is 8.77. The van der Waals surface area contributed by atoms with E-state index in [-0.39, 0.29) is 35.7 Å². The maximum Gasteiger partial charge on any atom is 0.255 e. The van der Waals surface area contributed by atoms with Gasteiger partial charge in [0.1, 0.15) is 22.8 Å². The van der Waals surface area contributed by atoms with Gasteiger partial charge in [-0.05, 0) is 30.4 Å². The molecule has 0 aliphatic heterocycles. The maximum absolute atomic E-state index is 14.6. The quantitative estimate of drug-likeness (QED) is 0.192. The minimum atomic E-state index is -2.68. The maximum atomic E-state index is 14.6. The van der Waals surface area contributed by atoms with Crippen LogP contribution in [0.2, 0.25) is 0 Å². The molecule has 0 aromatic heterocycles. The first kappa shape index (κ1) is 22.9. The van der Waals surface area contributed by atoms with E-state index in [0.29, 0.717) is 0 Å². The van der Waals surface area contributed by atoms with Gasteiger partial charge in [-0.3, -0.25) is 19.2 Å². The van der Waals surface area contributed by atoms with E-state index in [4.69, 9.17) is 5.73 Å². The fourth-order valence-corrected chi connectivity index (χ4v) is 5.07. The number of fused-ring (bicyclic) bond motifs is 3. The third-order valence-electron chi connectivity index (χ3n) is 6.39. The number of carbonyl (C=O) groups excluding carboxylic acids is 4. The summed E-state index contributed by atoms with van der Waals surface area (Å²) in [5.41, 5.74) is 0.302. The highest BCUT2D eigenvalue weighted by Gasteiger charge is 2.59. The van der Waals surface area contributed by atoms with E-state index in [1.54, 1.807) is 0 Å². The number of allylic oxidation sites excluding steroid dienone is 2. The van der Waals surface area contributed by atoms with E-state index in [9.17, 15) is 44.0 Å². The standard InChI is InChI=1S/C21H18BrFN2O8/c22-5-11(27)25-15-9(23)3-7-1-6-2-8-4-10(26)14(20(24)32)19(31)21(8,33)18(30)13(6)16(28)12(7)17(15)29/h3,6,8,26,29-30,33H,1-2,4-5H2,(H2,24,32)(H,25,27). The first-order chi connectivity index (χ1) is 15.4. The molecule has 10 nitrogen and oxygen atoms in total. The molecule has 0 heterocycles. The topological polar surface area (TPSA) is 187 Å². The van der Waals surface area contributed by atoms with Gasteiger partial charge in [0, 0.05) is 17.9 Å². The zero-order chi connectivity index (χ0) is 24.4. The number of alkyl halides is 1. The molecule has 3 unspecified atom stereocenters. The molecule has 3 aliphatic carbocycles. The summed E-state index contributed by atoms with van der Waals surface area (Å²) in [4.78, 5) is 49.5. The third-order valence-corrected chi connectivity index (χ3v) is 6.90. The minimum absolute atomic E-state index is 0.0362. The van der Waals surface area contributed by atoms with Crippen molar-refractivity contribution in [3.05, 3.63) is 45.7 Å². The normalized spacial score (nSPS) is 26.5. The highest BCUT2D eigenvalue weighted by molar-refractivity contribution is 9.09. The Morgan fingerprint density at radius 2 is 1.91 bits per heavy atom. The first-order valence-electron chi connectivity index (χ1n) is 9.80. The number of hydrogen-bond acceptors (Lipinski definition) is 8. The van der Waals surface area contributed by atoms with Crippen LogP contribution in [0.15, 0.2) is 28.7 Å². The number of primary amides is 1. The Hall–Kier alpha value is -3.25. The number of phenolic OH excluding ortho intramolecular Hbond substituents is 1. The van der Waals surface area contributed by atoms with Crippen LogP contribution in [0.3, 0.4) is 0 Å². The van der Waals surface area contributed by atoms with Gasteiger partial charge in [-0.15, -0.1) is 0 Å². The van der Waals surface area contributed by atoms with Gasteiger partial charge in [0.25, 0.3) is 5.91 Å². The van der Waals surface area contributed by atoms with Gasteiger partial charge in [0.2, 0.25) is 11.7 Å². The predicted molar refractivity (Wildman–Crippen MR) is 113 cm³/mol. The van der Waals surface area contributed by atoms with Gasteiger partial charge in [-0.2, -0.15) is 0 Å². The summed E-state index contributed by atoms with van der Waals surface area (Å²) in [7, 11) is 0. The lowest BCUT2D eigenvalue weighted by Crippen LogP contribution is -2.57. The lowest BCUT2D eigenvalue weighted by Gasteiger charge is -2.45. The summed E-state index contributed by atoms with van der Waals surface area (Å²) in [6, 6.07) is 0.986. The van der Waals surface area contributed by atoms with Gasteiger partial charge < -0.3 is 31.5 Å². The number of carbonyl (C=O) groups is 4. The predicted octanol–water partition coefficient (Wildman–Crippen LogP) is 1.05. The van der Waals surface area contributed by atoms with Crippen LogP contribution in [-0.4, -0.2) is 54.7 Å². The summed E-state index contributed by atoms with van der Waals surface area (Å²) in [5.74, 6) is -9.61. The van der Waals surface area contributed by atoms with Gasteiger partial charge in [-0.25, -0.2) is 4.39 Å². The zero-order valence-corrected chi connectivity index (χ0v) is 18.4. The van der Waals surface area contributed by atoms with Crippen molar-refractivity contribution in [3.8, 4) is 5.75 Å². The van der Waals surface area contributed by atoms with Crippen molar-refractivity contribution in [1.82, 2.24) is 0 Å².